The molecule has 0 saturated heterocycles. The van der Waals surface area contributed by atoms with E-state index in [1.54, 1.807) is 0 Å². The van der Waals surface area contributed by atoms with E-state index >= 15 is 0 Å². The van der Waals surface area contributed by atoms with Crippen molar-refractivity contribution in [1.82, 2.24) is 10.3 Å². The molecule has 0 aliphatic rings. The number of aldehydes is 1. The van der Waals surface area contributed by atoms with E-state index in [0.717, 1.165) is 6.07 Å². The lowest BCUT2D eigenvalue weighted by atomic mass is 10.2. The Bertz CT molecular complexity index is 681. The normalized spacial score (nSPS) is 12.0. The number of non-ortho nitro benzene ring substituents is 1. The van der Waals surface area contributed by atoms with Crippen molar-refractivity contribution in [2.75, 3.05) is 5.32 Å². The van der Waals surface area contributed by atoms with E-state index in [9.17, 15) is 19.7 Å². The van der Waals surface area contributed by atoms with Gasteiger partial charge in [0.15, 0.2) is 5.52 Å². The molecule has 10 nitrogen and oxygen atoms in total. The molecule has 1 atom stereocenters. The number of carbonyl (C=O) groups excluding carboxylic acids is 1. The highest BCUT2D eigenvalue weighted by Gasteiger charge is 2.21. The Kier molecular flexibility index (Phi) is 3.55. The number of carbonyl (C=O) groups is 2. The minimum Gasteiger partial charge on any atom is -0.481 e. The molecule has 10 heteroatoms. The summed E-state index contributed by atoms with van der Waals surface area (Å²) in [5.41, 5.74) is -0.102. The van der Waals surface area contributed by atoms with Crippen molar-refractivity contribution in [3.8, 4) is 0 Å². The van der Waals surface area contributed by atoms with Crippen molar-refractivity contribution in [2.24, 2.45) is 0 Å². The van der Waals surface area contributed by atoms with Crippen molar-refractivity contribution in [3.05, 3.63) is 22.2 Å². The Hall–Kier alpha value is -3.04. The smallest absolute Gasteiger partial charge is 0.305 e. The second kappa shape index (κ2) is 5.30. The van der Waals surface area contributed by atoms with Gasteiger partial charge in [0, 0.05) is 6.07 Å². The van der Waals surface area contributed by atoms with Gasteiger partial charge in [-0.3, -0.25) is 14.9 Å². The fourth-order valence-corrected chi connectivity index (χ4v) is 1.64. The van der Waals surface area contributed by atoms with Crippen LogP contribution in [0, 0.1) is 10.1 Å². The van der Waals surface area contributed by atoms with Crippen LogP contribution < -0.4 is 5.32 Å². The molecule has 104 valence electrons. The van der Waals surface area contributed by atoms with Crippen LogP contribution in [0.15, 0.2) is 16.8 Å². The van der Waals surface area contributed by atoms with Crippen LogP contribution in [0.25, 0.3) is 11.0 Å². The van der Waals surface area contributed by atoms with Gasteiger partial charge in [-0.15, -0.1) is 0 Å². The van der Waals surface area contributed by atoms with Gasteiger partial charge in [-0.05, 0) is 16.4 Å². The quantitative estimate of drug-likeness (QED) is 0.440. The Morgan fingerprint density at radius 3 is 2.80 bits per heavy atom. The summed E-state index contributed by atoms with van der Waals surface area (Å²) in [5, 5.41) is 29.0. The van der Waals surface area contributed by atoms with Crippen molar-refractivity contribution in [1.29, 1.82) is 0 Å². The molecule has 1 heterocycles. The standard InChI is InChI=1S/C10H8N4O6/c15-4-5(3-8(16)17)11-6-1-2-7(14(18)19)10-9(6)12-20-13-10/h1-2,4-5,11H,3H2,(H,16,17)/t5-/m0/s1. The Morgan fingerprint density at radius 2 is 2.20 bits per heavy atom. The first kappa shape index (κ1) is 13.4. The number of carboxylic acids is 1. The average Bonchev–Trinajstić information content (AvgIpc) is 2.86. The first-order valence-electron chi connectivity index (χ1n) is 5.36. The number of benzene rings is 1. The molecular weight excluding hydrogens is 272 g/mol. The molecule has 0 bridgehead atoms. The fraction of sp³-hybridized carbons (Fsp3) is 0.200. The first-order chi connectivity index (χ1) is 9.52. The van der Waals surface area contributed by atoms with Crippen LogP contribution in [-0.2, 0) is 9.59 Å². The maximum atomic E-state index is 10.8. The summed E-state index contributed by atoms with van der Waals surface area (Å²) in [6.07, 6.45) is -0.0118. The lowest BCUT2D eigenvalue weighted by Crippen LogP contribution is -2.24. The van der Waals surface area contributed by atoms with Crippen molar-refractivity contribution >= 4 is 34.7 Å². The molecule has 0 aliphatic heterocycles. The Morgan fingerprint density at radius 1 is 1.50 bits per heavy atom. The molecule has 1 aromatic heterocycles. The van der Waals surface area contributed by atoms with Crippen LogP contribution in [0.4, 0.5) is 11.4 Å². The lowest BCUT2D eigenvalue weighted by Gasteiger charge is -2.11. The minimum absolute atomic E-state index is 0.0523. The molecule has 0 radical (unpaired) electrons. The lowest BCUT2D eigenvalue weighted by molar-refractivity contribution is -0.383. The summed E-state index contributed by atoms with van der Waals surface area (Å²) in [7, 11) is 0. The predicted molar refractivity (Wildman–Crippen MR) is 64.2 cm³/mol. The highest BCUT2D eigenvalue weighted by Crippen LogP contribution is 2.29. The van der Waals surface area contributed by atoms with Crippen LogP contribution in [0.2, 0.25) is 0 Å². The second-order valence-electron chi connectivity index (χ2n) is 3.84. The van der Waals surface area contributed by atoms with Crippen molar-refractivity contribution in [3.63, 3.8) is 0 Å². The maximum Gasteiger partial charge on any atom is 0.305 e. The molecular formula is C10H8N4O6. The minimum atomic E-state index is -1.16. The highest BCUT2D eigenvalue weighted by molar-refractivity contribution is 5.94. The van der Waals surface area contributed by atoms with Gasteiger partial charge in [0.25, 0.3) is 0 Å². The maximum absolute atomic E-state index is 10.8. The topological polar surface area (TPSA) is 148 Å². The number of nitro benzene ring substituents is 1. The van der Waals surface area contributed by atoms with Gasteiger partial charge in [-0.2, -0.15) is 0 Å². The molecule has 0 spiro atoms. The molecule has 0 saturated carbocycles. The number of nitro groups is 1. The third-order valence-electron chi connectivity index (χ3n) is 2.49. The number of hydrogen-bond donors (Lipinski definition) is 2. The average molecular weight is 280 g/mol. The zero-order valence-corrected chi connectivity index (χ0v) is 9.85. The molecule has 20 heavy (non-hydrogen) atoms. The van der Waals surface area contributed by atoms with Crippen LogP contribution in [-0.4, -0.2) is 38.6 Å². The van der Waals surface area contributed by atoms with E-state index in [2.05, 4.69) is 20.3 Å². The summed E-state index contributed by atoms with van der Waals surface area (Å²) in [6, 6.07) is 1.48. The third-order valence-corrected chi connectivity index (χ3v) is 2.49. The molecule has 2 N–H and O–H groups in total. The largest absolute Gasteiger partial charge is 0.481 e. The first-order valence-corrected chi connectivity index (χ1v) is 5.36. The molecule has 2 aromatic rings. The number of nitrogens with zero attached hydrogens (tertiary/aromatic N) is 3. The molecule has 1 aromatic carbocycles. The summed E-state index contributed by atoms with van der Waals surface area (Å²) in [6.45, 7) is 0. The summed E-state index contributed by atoms with van der Waals surface area (Å²) in [5.74, 6) is -1.16. The van der Waals surface area contributed by atoms with Gasteiger partial charge >= 0.3 is 11.7 Å². The van der Waals surface area contributed by atoms with E-state index < -0.39 is 23.4 Å². The van der Waals surface area contributed by atoms with Crippen molar-refractivity contribution in [2.45, 2.75) is 12.5 Å². The Labute approximate surface area is 110 Å². The SMILES string of the molecule is O=C[C@H](CC(=O)O)Nc1ccc([N+](=O)[O-])c2nonc12. The van der Waals surface area contributed by atoms with Gasteiger partial charge in [-0.1, -0.05) is 0 Å². The van der Waals surface area contributed by atoms with E-state index in [4.69, 9.17) is 5.11 Å². The van der Waals surface area contributed by atoms with Gasteiger partial charge in [0.1, 0.15) is 6.29 Å². The van der Waals surface area contributed by atoms with Crippen LogP contribution >= 0.6 is 0 Å². The third kappa shape index (κ3) is 2.53. The van der Waals surface area contributed by atoms with Crippen LogP contribution in [0.1, 0.15) is 6.42 Å². The number of hydrogen-bond acceptors (Lipinski definition) is 8. The summed E-state index contributed by atoms with van der Waals surface area (Å²) < 4.78 is 4.44. The van der Waals surface area contributed by atoms with E-state index in [-0.39, 0.29) is 22.4 Å². The molecule has 2 rings (SSSR count). The number of carboxylic acid groups (broad SMARTS) is 1. The van der Waals surface area contributed by atoms with Gasteiger partial charge in [-0.25, -0.2) is 4.63 Å². The van der Waals surface area contributed by atoms with Gasteiger partial charge < -0.3 is 15.2 Å². The number of nitrogens with one attached hydrogen (secondary N) is 1. The predicted octanol–water partition coefficient (Wildman–Crippen LogP) is 0.585. The number of anilines is 1. The monoisotopic (exact) mass is 280 g/mol. The Balaban J connectivity index is 2.38. The van der Waals surface area contributed by atoms with Crippen LogP contribution in [0.3, 0.4) is 0 Å². The van der Waals surface area contributed by atoms with Gasteiger partial charge in [0.2, 0.25) is 5.52 Å². The van der Waals surface area contributed by atoms with E-state index in [1.165, 1.54) is 6.07 Å². The molecule has 0 amide bonds. The van der Waals surface area contributed by atoms with Crippen LogP contribution in [0.5, 0.6) is 0 Å². The second-order valence-corrected chi connectivity index (χ2v) is 3.84. The number of fused-ring (bicyclic) bond motifs is 1. The fourth-order valence-electron chi connectivity index (χ4n) is 1.64. The number of rotatable bonds is 6. The number of aromatic nitrogens is 2. The zero-order chi connectivity index (χ0) is 14.7. The molecule has 0 fully saturated rings. The number of aliphatic carboxylic acids is 1. The van der Waals surface area contributed by atoms with E-state index in [1.807, 2.05) is 0 Å². The molecule has 0 aliphatic carbocycles. The van der Waals surface area contributed by atoms with Crippen molar-refractivity contribution < 1.29 is 24.2 Å². The van der Waals surface area contributed by atoms with Gasteiger partial charge in [0.05, 0.1) is 23.1 Å². The molecule has 0 unspecified atom stereocenters. The summed E-state index contributed by atoms with van der Waals surface area (Å²) >= 11 is 0. The zero-order valence-electron chi connectivity index (χ0n) is 9.85. The summed E-state index contributed by atoms with van der Waals surface area (Å²) in [4.78, 5) is 31.5. The highest BCUT2D eigenvalue weighted by atomic mass is 16.6. The van der Waals surface area contributed by atoms with E-state index in [0.29, 0.717) is 6.29 Å².